The molecule has 1 fully saturated rings. The van der Waals surface area contributed by atoms with Crippen LogP contribution in [0.4, 0.5) is 30.2 Å². The molecule has 0 amide bonds. The average Bonchev–Trinajstić information content (AvgIpc) is 2.80. The van der Waals surface area contributed by atoms with Gasteiger partial charge >= 0.3 is 6.18 Å². The van der Waals surface area contributed by atoms with E-state index >= 15 is 0 Å². The largest absolute Gasteiger partial charge is 0.416 e. The van der Waals surface area contributed by atoms with Crippen LogP contribution in [0, 0.1) is 10.1 Å². The molecule has 1 saturated heterocycles. The smallest absolute Gasteiger partial charge is 0.365 e. The Labute approximate surface area is 190 Å². The van der Waals surface area contributed by atoms with Crippen molar-refractivity contribution < 1.29 is 18.1 Å². The van der Waals surface area contributed by atoms with E-state index in [2.05, 4.69) is 5.10 Å². The molecular weight excluding hydrogens is 463 g/mol. The molecule has 2 aromatic carbocycles. The number of anilines is 2. The maximum Gasteiger partial charge on any atom is 0.416 e. The van der Waals surface area contributed by atoms with Gasteiger partial charge in [0.05, 0.1) is 28.1 Å². The molecule has 0 atom stereocenters. The van der Waals surface area contributed by atoms with Crippen LogP contribution >= 0.6 is 11.6 Å². The van der Waals surface area contributed by atoms with Gasteiger partial charge in [-0.25, -0.2) is 0 Å². The van der Waals surface area contributed by atoms with Crippen molar-refractivity contribution >= 4 is 28.7 Å². The first-order valence-electron chi connectivity index (χ1n) is 9.85. The predicted octanol–water partition coefficient (Wildman–Crippen LogP) is 4.14. The molecule has 2 heterocycles. The van der Waals surface area contributed by atoms with Crippen molar-refractivity contribution in [1.82, 2.24) is 9.78 Å². The van der Waals surface area contributed by atoms with Gasteiger partial charge in [0.25, 0.3) is 11.2 Å². The van der Waals surface area contributed by atoms with Gasteiger partial charge in [0, 0.05) is 32.2 Å². The van der Waals surface area contributed by atoms with Crippen LogP contribution in [-0.4, -0.2) is 40.9 Å². The average molecular weight is 480 g/mol. The van der Waals surface area contributed by atoms with Gasteiger partial charge in [-0.05, 0) is 24.3 Å². The predicted molar refractivity (Wildman–Crippen MR) is 117 cm³/mol. The summed E-state index contributed by atoms with van der Waals surface area (Å²) in [6, 6.07) is 11.3. The van der Waals surface area contributed by atoms with Crippen molar-refractivity contribution in [1.29, 1.82) is 0 Å². The van der Waals surface area contributed by atoms with Gasteiger partial charge < -0.3 is 9.80 Å². The molecule has 1 aliphatic heterocycles. The fraction of sp³-hybridized carbons (Fsp3) is 0.238. The molecule has 172 valence electrons. The Morgan fingerprint density at radius 2 is 1.58 bits per heavy atom. The minimum absolute atomic E-state index is 0.0113. The minimum Gasteiger partial charge on any atom is -0.365 e. The van der Waals surface area contributed by atoms with E-state index in [9.17, 15) is 28.1 Å². The molecule has 0 aliphatic carbocycles. The second kappa shape index (κ2) is 8.74. The molecule has 0 N–H and O–H groups in total. The Hall–Kier alpha value is -3.60. The zero-order chi connectivity index (χ0) is 23.8. The van der Waals surface area contributed by atoms with Crippen molar-refractivity contribution in [3.05, 3.63) is 85.8 Å². The van der Waals surface area contributed by atoms with E-state index < -0.39 is 27.9 Å². The highest BCUT2D eigenvalue weighted by atomic mass is 35.5. The third-order valence-corrected chi connectivity index (χ3v) is 5.72. The number of alkyl halides is 3. The summed E-state index contributed by atoms with van der Waals surface area (Å²) in [5.74, 6) is 0. The van der Waals surface area contributed by atoms with Crippen LogP contribution in [0.2, 0.25) is 5.02 Å². The van der Waals surface area contributed by atoms with Crippen LogP contribution < -0.4 is 15.4 Å². The Bertz CT molecular complexity index is 1240. The number of aromatic nitrogens is 2. The van der Waals surface area contributed by atoms with E-state index in [1.807, 2.05) is 11.0 Å². The van der Waals surface area contributed by atoms with Crippen LogP contribution in [-0.2, 0) is 6.18 Å². The first kappa shape index (κ1) is 22.6. The molecule has 0 unspecified atom stereocenters. The fourth-order valence-corrected chi connectivity index (χ4v) is 3.95. The second-order valence-electron chi connectivity index (χ2n) is 7.33. The number of nitro benzene ring substituents is 1. The minimum atomic E-state index is -4.67. The molecule has 0 spiro atoms. The zero-order valence-corrected chi connectivity index (χ0v) is 17.8. The summed E-state index contributed by atoms with van der Waals surface area (Å²) in [5, 5.41) is 15.6. The van der Waals surface area contributed by atoms with E-state index in [4.69, 9.17) is 11.6 Å². The monoisotopic (exact) mass is 479 g/mol. The number of benzene rings is 2. The number of nitrogens with zero attached hydrogens (tertiary/aromatic N) is 5. The molecule has 0 radical (unpaired) electrons. The van der Waals surface area contributed by atoms with Crippen LogP contribution in [0.3, 0.4) is 0 Å². The Morgan fingerprint density at radius 1 is 0.970 bits per heavy atom. The fourth-order valence-electron chi connectivity index (χ4n) is 3.70. The van der Waals surface area contributed by atoms with Crippen LogP contribution in [0.1, 0.15) is 5.56 Å². The van der Waals surface area contributed by atoms with Gasteiger partial charge in [0.1, 0.15) is 10.7 Å². The van der Waals surface area contributed by atoms with Gasteiger partial charge in [-0.15, -0.1) is 0 Å². The zero-order valence-electron chi connectivity index (χ0n) is 17.0. The molecule has 8 nitrogen and oxygen atoms in total. The molecule has 12 heteroatoms. The number of piperazine rings is 1. The van der Waals surface area contributed by atoms with Crippen molar-refractivity contribution in [2.24, 2.45) is 0 Å². The number of rotatable bonds is 4. The lowest BCUT2D eigenvalue weighted by Gasteiger charge is -2.37. The number of para-hydroxylation sites is 1. The Kier molecular flexibility index (Phi) is 5.98. The van der Waals surface area contributed by atoms with Crippen LogP contribution in [0.15, 0.2) is 59.5 Å². The molecule has 1 aliphatic rings. The van der Waals surface area contributed by atoms with E-state index in [0.717, 1.165) is 12.1 Å². The maximum absolute atomic E-state index is 13.0. The lowest BCUT2D eigenvalue weighted by molar-refractivity contribution is -0.384. The lowest BCUT2D eigenvalue weighted by Crippen LogP contribution is -2.47. The SMILES string of the molecule is O=c1c(Cl)c(N2CCN(c3ccc(C(F)(F)F)cc3[N+](=O)[O-])CC2)cnn1-c1ccccc1. The highest BCUT2D eigenvalue weighted by Crippen LogP contribution is 2.37. The van der Waals surface area contributed by atoms with Crippen LogP contribution in [0.25, 0.3) is 5.69 Å². The van der Waals surface area contributed by atoms with Crippen molar-refractivity contribution in [2.45, 2.75) is 6.18 Å². The van der Waals surface area contributed by atoms with Crippen molar-refractivity contribution in [3.63, 3.8) is 0 Å². The van der Waals surface area contributed by atoms with Gasteiger partial charge in [-0.3, -0.25) is 14.9 Å². The summed E-state index contributed by atoms with van der Waals surface area (Å²) in [7, 11) is 0. The standard InChI is InChI=1S/C21H17ClF3N5O3/c22-19-18(13-26-29(20(19)31)15-4-2-1-3-5-15)28-10-8-27(9-11-28)16-7-6-14(21(23,24)25)12-17(16)30(32)33/h1-7,12-13H,8-11H2. The first-order valence-corrected chi connectivity index (χ1v) is 10.2. The number of hydrogen-bond donors (Lipinski definition) is 0. The van der Waals surface area contributed by atoms with E-state index in [0.29, 0.717) is 30.5 Å². The maximum atomic E-state index is 13.0. The number of hydrogen-bond acceptors (Lipinski definition) is 6. The molecule has 1 aromatic heterocycles. The Balaban J connectivity index is 1.55. The molecule has 4 rings (SSSR count). The van der Waals surface area contributed by atoms with Gasteiger partial charge in [-0.1, -0.05) is 29.8 Å². The summed E-state index contributed by atoms with van der Waals surface area (Å²) < 4.78 is 40.1. The highest BCUT2D eigenvalue weighted by Gasteiger charge is 2.34. The Morgan fingerprint density at radius 3 is 2.15 bits per heavy atom. The summed E-state index contributed by atoms with van der Waals surface area (Å²) in [6.45, 7) is 1.25. The molecule has 3 aromatic rings. The quantitative estimate of drug-likeness (QED) is 0.413. The van der Waals surface area contributed by atoms with Gasteiger partial charge in [-0.2, -0.15) is 23.0 Å². The van der Waals surface area contributed by atoms with E-state index in [1.165, 1.54) is 10.9 Å². The van der Waals surface area contributed by atoms with E-state index in [-0.39, 0.29) is 23.8 Å². The normalized spacial score (nSPS) is 14.4. The number of nitro groups is 1. The van der Waals surface area contributed by atoms with Crippen molar-refractivity contribution in [2.75, 3.05) is 36.0 Å². The number of halogens is 4. The molecule has 0 bridgehead atoms. The summed E-state index contributed by atoms with van der Waals surface area (Å²) in [4.78, 5) is 26.8. The first-order chi connectivity index (χ1) is 15.7. The topological polar surface area (TPSA) is 84.5 Å². The summed E-state index contributed by atoms with van der Waals surface area (Å²) in [6.07, 6.45) is -3.20. The molecular formula is C21H17ClF3N5O3. The van der Waals surface area contributed by atoms with Gasteiger partial charge in [0.2, 0.25) is 0 Å². The summed E-state index contributed by atoms with van der Waals surface area (Å²) >= 11 is 6.34. The van der Waals surface area contributed by atoms with Crippen LogP contribution in [0.5, 0.6) is 0 Å². The second-order valence-corrected chi connectivity index (χ2v) is 7.71. The third-order valence-electron chi connectivity index (χ3n) is 5.36. The van der Waals surface area contributed by atoms with Crippen molar-refractivity contribution in [3.8, 4) is 5.69 Å². The third kappa shape index (κ3) is 4.49. The summed E-state index contributed by atoms with van der Waals surface area (Å²) in [5.41, 5.74) is -1.07. The lowest BCUT2D eigenvalue weighted by atomic mass is 10.1. The van der Waals surface area contributed by atoms with Gasteiger partial charge in [0.15, 0.2) is 0 Å². The van der Waals surface area contributed by atoms with E-state index in [1.54, 1.807) is 29.2 Å². The molecule has 33 heavy (non-hydrogen) atoms. The highest BCUT2D eigenvalue weighted by molar-refractivity contribution is 6.33. The molecule has 0 saturated carbocycles.